The molecule has 4 rings (SSSR count). The molecule has 2 aromatic rings. The van der Waals surface area contributed by atoms with Crippen LogP contribution in [-0.2, 0) is 9.53 Å². The molecule has 1 aromatic carbocycles. The van der Waals surface area contributed by atoms with Gasteiger partial charge in [-0.25, -0.2) is 4.98 Å². The molecule has 1 amide bonds. The Kier molecular flexibility index (Phi) is 6.50. The largest absolute Gasteiger partial charge is 0.379 e. The highest BCUT2D eigenvalue weighted by molar-refractivity contribution is 7.99. The van der Waals surface area contributed by atoms with Crippen LogP contribution < -0.4 is 5.32 Å². The lowest BCUT2D eigenvalue weighted by Gasteiger charge is -2.48. The zero-order valence-corrected chi connectivity index (χ0v) is 17.2. The van der Waals surface area contributed by atoms with E-state index in [0.717, 1.165) is 48.8 Å². The summed E-state index contributed by atoms with van der Waals surface area (Å²) in [6.45, 7) is 4.31. The van der Waals surface area contributed by atoms with E-state index in [1.54, 1.807) is 0 Å². The summed E-state index contributed by atoms with van der Waals surface area (Å²) in [4.78, 5) is 19.8. The normalized spacial score (nSPS) is 20.1. The van der Waals surface area contributed by atoms with Gasteiger partial charge in [0.2, 0.25) is 5.91 Å². The van der Waals surface area contributed by atoms with Crippen molar-refractivity contribution in [2.24, 2.45) is 0 Å². The van der Waals surface area contributed by atoms with Crippen molar-refractivity contribution < 1.29 is 9.53 Å². The highest BCUT2D eigenvalue weighted by atomic mass is 32.2. The second-order valence-electron chi connectivity index (χ2n) is 7.79. The van der Waals surface area contributed by atoms with Crippen LogP contribution in [0.3, 0.4) is 0 Å². The summed E-state index contributed by atoms with van der Waals surface area (Å²) in [6.07, 6.45) is 6.16. The fourth-order valence-electron chi connectivity index (χ4n) is 4.43. The molecule has 0 spiro atoms. The number of thioether (sulfide) groups is 1. The van der Waals surface area contributed by atoms with Crippen molar-refractivity contribution in [2.45, 2.75) is 42.7 Å². The molecule has 0 radical (unpaired) electrons. The predicted octanol–water partition coefficient (Wildman–Crippen LogP) is 3.48. The summed E-state index contributed by atoms with van der Waals surface area (Å²) in [6, 6.07) is 12.1. The van der Waals surface area contributed by atoms with Crippen molar-refractivity contribution in [1.29, 1.82) is 0 Å². The van der Waals surface area contributed by atoms with E-state index in [1.807, 2.05) is 24.3 Å². The third kappa shape index (κ3) is 4.67. The van der Waals surface area contributed by atoms with Crippen LogP contribution in [0.1, 0.15) is 32.1 Å². The number of aromatic nitrogens is 1. The van der Waals surface area contributed by atoms with Gasteiger partial charge in [0.25, 0.3) is 0 Å². The number of morpholine rings is 1. The number of fused-ring (bicyclic) bond motifs is 1. The maximum absolute atomic E-state index is 12.5. The molecule has 6 heteroatoms. The van der Waals surface area contributed by atoms with Crippen molar-refractivity contribution in [3.05, 3.63) is 36.4 Å². The minimum Gasteiger partial charge on any atom is -0.379 e. The van der Waals surface area contributed by atoms with Gasteiger partial charge in [0, 0.05) is 30.6 Å². The Hall–Kier alpha value is -1.63. The van der Waals surface area contributed by atoms with E-state index >= 15 is 0 Å². The van der Waals surface area contributed by atoms with Gasteiger partial charge in [0.1, 0.15) is 0 Å². The highest BCUT2D eigenvalue weighted by Crippen LogP contribution is 2.34. The van der Waals surface area contributed by atoms with Crippen LogP contribution >= 0.6 is 11.8 Å². The van der Waals surface area contributed by atoms with Crippen LogP contribution in [0.4, 0.5) is 0 Å². The summed E-state index contributed by atoms with van der Waals surface area (Å²) < 4.78 is 5.54. The molecule has 0 bridgehead atoms. The summed E-state index contributed by atoms with van der Waals surface area (Å²) in [5.74, 6) is 0.503. The number of carbonyl (C=O) groups is 1. The highest BCUT2D eigenvalue weighted by Gasteiger charge is 2.38. The molecule has 2 aliphatic rings. The van der Waals surface area contributed by atoms with Crippen LogP contribution in [0.15, 0.2) is 41.4 Å². The Balaban J connectivity index is 1.32. The van der Waals surface area contributed by atoms with Crippen LogP contribution in [0.25, 0.3) is 10.9 Å². The first-order valence-electron chi connectivity index (χ1n) is 10.3. The number of benzene rings is 1. The number of amides is 1. The lowest BCUT2D eigenvalue weighted by Crippen LogP contribution is -2.59. The number of nitrogens with zero attached hydrogens (tertiary/aromatic N) is 2. The van der Waals surface area contributed by atoms with Crippen molar-refractivity contribution in [3.8, 4) is 0 Å². The van der Waals surface area contributed by atoms with Crippen LogP contribution in [-0.4, -0.2) is 59.9 Å². The number of nitrogens with one attached hydrogen (secondary N) is 1. The summed E-state index contributed by atoms with van der Waals surface area (Å²) in [5.41, 5.74) is 1.09. The molecule has 0 atom stereocenters. The van der Waals surface area contributed by atoms with Crippen molar-refractivity contribution in [2.75, 3.05) is 38.6 Å². The second kappa shape index (κ2) is 9.25. The number of hydrogen-bond donors (Lipinski definition) is 1. The SMILES string of the molecule is O=C(CSc1ccc2ccccc2n1)NCC1(N2CCOCC2)CCCCC1. The zero-order valence-electron chi connectivity index (χ0n) is 16.4. The smallest absolute Gasteiger partial charge is 0.230 e. The zero-order chi connectivity index (χ0) is 19.2. The standard InChI is InChI=1S/C22H29N3O2S/c26-20(16-28-21-9-8-18-6-2-3-7-19(18)24-21)23-17-22(10-4-1-5-11-22)25-12-14-27-15-13-25/h2-3,6-9H,1,4-5,10-17H2,(H,23,26). The van der Waals surface area contributed by atoms with E-state index in [1.165, 1.54) is 43.9 Å². The second-order valence-corrected chi connectivity index (χ2v) is 8.79. The first kappa shape index (κ1) is 19.7. The van der Waals surface area contributed by atoms with E-state index in [9.17, 15) is 4.79 Å². The van der Waals surface area contributed by atoms with Crippen LogP contribution in [0.5, 0.6) is 0 Å². The average Bonchev–Trinajstić information content (AvgIpc) is 2.77. The van der Waals surface area contributed by atoms with E-state index in [2.05, 4.69) is 27.3 Å². The molecule has 2 fully saturated rings. The van der Waals surface area contributed by atoms with Crippen molar-refractivity contribution in [3.63, 3.8) is 0 Å². The summed E-state index contributed by atoms with van der Waals surface area (Å²) in [7, 11) is 0. The van der Waals surface area contributed by atoms with Crippen LogP contribution in [0.2, 0.25) is 0 Å². The van der Waals surface area contributed by atoms with Gasteiger partial charge < -0.3 is 10.1 Å². The lowest BCUT2D eigenvalue weighted by atomic mass is 9.79. The van der Waals surface area contributed by atoms with Gasteiger partial charge in [-0.2, -0.15) is 0 Å². The quantitative estimate of drug-likeness (QED) is 0.754. The van der Waals surface area contributed by atoms with Gasteiger partial charge in [-0.1, -0.05) is 55.3 Å². The number of para-hydroxylation sites is 1. The number of pyridine rings is 1. The Bertz CT molecular complexity index is 801. The Morgan fingerprint density at radius 1 is 1.11 bits per heavy atom. The van der Waals surface area contributed by atoms with E-state index in [4.69, 9.17) is 4.74 Å². The molecular formula is C22H29N3O2S. The molecule has 1 saturated heterocycles. The molecule has 150 valence electrons. The monoisotopic (exact) mass is 399 g/mol. The Morgan fingerprint density at radius 2 is 1.89 bits per heavy atom. The minimum atomic E-state index is 0.0955. The third-order valence-electron chi connectivity index (χ3n) is 6.00. The molecule has 2 heterocycles. The van der Waals surface area contributed by atoms with Gasteiger partial charge in [0.15, 0.2) is 0 Å². The maximum Gasteiger partial charge on any atom is 0.230 e. The Morgan fingerprint density at radius 3 is 2.71 bits per heavy atom. The number of carbonyl (C=O) groups excluding carboxylic acids is 1. The van der Waals surface area contributed by atoms with Gasteiger partial charge in [-0.05, 0) is 25.0 Å². The molecule has 28 heavy (non-hydrogen) atoms. The number of ether oxygens (including phenoxy) is 1. The first-order valence-corrected chi connectivity index (χ1v) is 11.3. The fraction of sp³-hybridized carbons (Fsp3) is 0.545. The molecule has 1 N–H and O–H groups in total. The molecule has 1 aliphatic carbocycles. The van der Waals surface area contributed by atoms with Gasteiger partial charge in [0.05, 0.1) is 29.5 Å². The van der Waals surface area contributed by atoms with Crippen molar-refractivity contribution >= 4 is 28.6 Å². The molecular weight excluding hydrogens is 370 g/mol. The average molecular weight is 400 g/mol. The minimum absolute atomic E-state index is 0.0955. The van der Waals surface area contributed by atoms with E-state index in [0.29, 0.717) is 5.75 Å². The Labute approximate surface area is 171 Å². The molecule has 1 saturated carbocycles. The van der Waals surface area contributed by atoms with E-state index < -0.39 is 0 Å². The number of rotatable bonds is 6. The first-order chi connectivity index (χ1) is 13.8. The van der Waals surface area contributed by atoms with Gasteiger partial charge in [-0.3, -0.25) is 9.69 Å². The van der Waals surface area contributed by atoms with Crippen LogP contribution in [0, 0.1) is 0 Å². The molecule has 0 unspecified atom stereocenters. The molecule has 5 nitrogen and oxygen atoms in total. The topological polar surface area (TPSA) is 54.5 Å². The number of hydrogen-bond acceptors (Lipinski definition) is 5. The lowest BCUT2D eigenvalue weighted by molar-refractivity contribution is -0.119. The molecule has 1 aromatic heterocycles. The predicted molar refractivity (Wildman–Crippen MR) is 114 cm³/mol. The van der Waals surface area contributed by atoms with E-state index in [-0.39, 0.29) is 11.4 Å². The van der Waals surface area contributed by atoms with Crippen molar-refractivity contribution in [1.82, 2.24) is 15.2 Å². The fourth-order valence-corrected chi connectivity index (χ4v) is 5.14. The van der Waals surface area contributed by atoms with Gasteiger partial charge >= 0.3 is 0 Å². The maximum atomic E-state index is 12.5. The summed E-state index contributed by atoms with van der Waals surface area (Å²) in [5, 5.41) is 5.25. The molecule has 1 aliphatic heterocycles. The third-order valence-corrected chi connectivity index (χ3v) is 6.93. The van der Waals surface area contributed by atoms with Gasteiger partial charge in [-0.15, -0.1) is 0 Å². The summed E-state index contributed by atoms with van der Waals surface area (Å²) >= 11 is 1.51.